The van der Waals surface area contributed by atoms with Crippen molar-refractivity contribution >= 4 is 17.7 Å². The van der Waals surface area contributed by atoms with E-state index in [4.69, 9.17) is 0 Å². The zero-order valence-corrected chi connectivity index (χ0v) is 17.4. The highest BCUT2D eigenvalue weighted by molar-refractivity contribution is 6.35. The highest BCUT2D eigenvalue weighted by Crippen LogP contribution is 2.26. The third-order valence-corrected chi connectivity index (χ3v) is 5.20. The molecule has 3 amide bonds. The van der Waals surface area contributed by atoms with E-state index in [9.17, 15) is 14.4 Å². The molecule has 0 radical (unpaired) electrons. The van der Waals surface area contributed by atoms with Crippen LogP contribution < -0.4 is 0 Å². The van der Waals surface area contributed by atoms with Crippen molar-refractivity contribution in [1.29, 1.82) is 0 Å². The molecular weight excluding hydrogens is 382 g/mol. The molecule has 1 aliphatic rings. The normalized spacial score (nSPS) is 15.3. The third-order valence-electron chi connectivity index (χ3n) is 5.20. The van der Waals surface area contributed by atoms with Gasteiger partial charge in [0.2, 0.25) is 5.91 Å². The van der Waals surface area contributed by atoms with Crippen molar-refractivity contribution in [3.05, 3.63) is 60.2 Å². The smallest absolute Gasteiger partial charge is 0.313 e. The fourth-order valence-electron chi connectivity index (χ4n) is 3.53. The van der Waals surface area contributed by atoms with Crippen molar-refractivity contribution in [3.8, 4) is 0 Å². The lowest BCUT2D eigenvalue weighted by Gasteiger charge is -2.39. The molecule has 2 heterocycles. The molecule has 2 aromatic rings. The fraction of sp³-hybridized carbons (Fsp3) is 0.409. The van der Waals surface area contributed by atoms with Crippen LogP contribution >= 0.6 is 0 Å². The summed E-state index contributed by atoms with van der Waals surface area (Å²) < 4.78 is 0. The second-order valence-electron chi connectivity index (χ2n) is 7.35. The van der Waals surface area contributed by atoms with Gasteiger partial charge >= 0.3 is 11.8 Å². The summed E-state index contributed by atoms with van der Waals surface area (Å²) >= 11 is 0. The SMILES string of the molecule is CCCCN1CCN([C@@H](C(=O)N(C)Cc2ccncn2)c2ccccc2)C(=O)C1=O. The molecule has 0 N–H and O–H groups in total. The number of hydrogen-bond donors (Lipinski definition) is 0. The number of nitrogens with zero attached hydrogens (tertiary/aromatic N) is 5. The van der Waals surface area contributed by atoms with E-state index in [-0.39, 0.29) is 12.5 Å². The lowest BCUT2D eigenvalue weighted by Crippen LogP contribution is -2.57. The van der Waals surface area contributed by atoms with Crippen LogP contribution in [0, 0.1) is 0 Å². The van der Waals surface area contributed by atoms with E-state index in [1.54, 1.807) is 24.2 Å². The number of amides is 3. The molecule has 1 saturated heterocycles. The first-order chi connectivity index (χ1) is 14.5. The van der Waals surface area contributed by atoms with Gasteiger partial charge in [-0.15, -0.1) is 0 Å². The van der Waals surface area contributed by atoms with Crippen molar-refractivity contribution in [1.82, 2.24) is 24.7 Å². The molecule has 1 fully saturated rings. The van der Waals surface area contributed by atoms with Gasteiger partial charge in [0.05, 0.1) is 12.2 Å². The van der Waals surface area contributed by atoms with Gasteiger partial charge in [0.25, 0.3) is 0 Å². The van der Waals surface area contributed by atoms with Crippen LogP contribution in [0.25, 0.3) is 0 Å². The number of unbranched alkanes of at least 4 members (excludes halogenated alkanes) is 1. The van der Waals surface area contributed by atoms with Crippen LogP contribution in [0.1, 0.15) is 37.1 Å². The minimum Gasteiger partial charge on any atom is -0.338 e. The number of carbonyl (C=O) groups is 3. The highest BCUT2D eigenvalue weighted by atomic mass is 16.2. The molecular formula is C22H27N5O3. The minimum atomic E-state index is -0.859. The van der Waals surface area contributed by atoms with E-state index >= 15 is 0 Å². The van der Waals surface area contributed by atoms with Gasteiger partial charge in [-0.1, -0.05) is 43.7 Å². The molecule has 0 saturated carbocycles. The number of benzene rings is 1. The van der Waals surface area contributed by atoms with E-state index in [1.807, 2.05) is 37.3 Å². The Morgan fingerprint density at radius 1 is 1.13 bits per heavy atom. The van der Waals surface area contributed by atoms with Crippen molar-refractivity contribution in [2.75, 3.05) is 26.7 Å². The fourth-order valence-corrected chi connectivity index (χ4v) is 3.53. The summed E-state index contributed by atoms with van der Waals surface area (Å²) in [6, 6.07) is 9.99. The van der Waals surface area contributed by atoms with Crippen molar-refractivity contribution in [2.45, 2.75) is 32.4 Å². The zero-order valence-electron chi connectivity index (χ0n) is 17.4. The molecule has 0 bridgehead atoms. The van der Waals surface area contributed by atoms with E-state index in [0.717, 1.165) is 12.8 Å². The maximum absolute atomic E-state index is 13.4. The molecule has 0 unspecified atom stereocenters. The third kappa shape index (κ3) is 4.82. The van der Waals surface area contributed by atoms with Gasteiger partial charge in [-0.3, -0.25) is 14.4 Å². The van der Waals surface area contributed by atoms with E-state index < -0.39 is 17.9 Å². The predicted molar refractivity (Wildman–Crippen MR) is 111 cm³/mol. The Morgan fingerprint density at radius 2 is 1.90 bits per heavy atom. The second-order valence-corrected chi connectivity index (χ2v) is 7.35. The summed E-state index contributed by atoms with van der Waals surface area (Å²) in [6.07, 6.45) is 4.84. The van der Waals surface area contributed by atoms with Crippen LogP contribution in [0.2, 0.25) is 0 Å². The number of aromatic nitrogens is 2. The van der Waals surface area contributed by atoms with E-state index in [2.05, 4.69) is 9.97 Å². The van der Waals surface area contributed by atoms with Gasteiger partial charge < -0.3 is 14.7 Å². The molecule has 158 valence electrons. The minimum absolute atomic E-state index is 0.261. The summed E-state index contributed by atoms with van der Waals surface area (Å²) in [5.41, 5.74) is 1.37. The molecule has 3 rings (SSSR count). The van der Waals surface area contributed by atoms with Crippen molar-refractivity contribution < 1.29 is 14.4 Å². The quantitative estimate of drug-likeness (QED) is 0.619. The standard InChI is InChI=1S/C22H27N5O3/c1-3-4-12-26-13-14-27(22(30)21(26)29)19(17-8-6-5-7-9-17)20(28)25(2)15-18-10-11-23-16-24-18/h5-11,16,19H,3-4,12-15H2,1-2H3/t19-/m1/s1. The number of likely N-dealkylation sites (N-methyl/N-ethyl adjacent to an activating group) is 1. The van der Waals surface area contributed by atoms with Gasteiger partial charge in [-0.05, 0) is 18.1 Å². The Balaban J connectivity index is 1.84. The van der Waals surface area contributed by atoms with Crippen LogP contribution in [-0.4, -0.2) is 69.1 Å². The summed E-state index contributed by atoms with van der Waals surface area (Å²) in [4.78, 5) is 51.6. The summed E-state index contributed by atoms with van der Waals surface area (Å²) in [6.45, 7) is 3.63. The van der Waals surface area contributed by atoms with E-state index in [0.29, 0.717) is 30.9 Å². The maximum atomic E-state index is 13.4. The van der Waals surface area contributed by atoms with Gasteiger partial charge in [0.15, 0.2) is 0 Å². The number of carbonyl (C=O) groups excluding carboxylic acids is 3. The molecule has 1 atom stereocenters. The van der Waals surface area contributed by atoms with Crippen molar-refractivity contribution in [2.24, 2.45) is 0 Å². The molecule has 1 aromatic heterocycles. The van der Waals surface area contributed by atoms with Crippen LogP contribution in [0.5, 0.6) is 0 Å². The number of rotatable bonds is 8. The Morgan fingerprint density at radius 3 is 2.57 bits per heavy atom. The Labute approximate surface area is 176 Å². The Kier molecular flexibility index (Phi) is 7.11. The van der Waals surface area contributed by atoms with Gasteiger partial charge in [0, 0.05) is 32.9 Å². The van der Waals surface area contributed by atoms with Gasteiger partial charge in [0.1, 0.15) is 12.4 Å². The molecule has 0 aliphatic carbocycles. The second kappa shape index (κ2) is 9.96. The van der Waals surface area contributed by atoms with E-state index in [1.165, 1.54) is 16.1 Å². The van der Waals surface area contributed by atoms with Crippen LogP contribution in [0.15, 0.2) is 48.9 Å². The van der Waals surface area contributed by atoms with Gasteiger partial charge in [-0.2, -0.15) is 0 Å². The molecule has 1 aromatic carbocycles. The van der Waals surface area contributed by atoms with Crippen LogP contribution in [0.3, 0.4) is 0 Å². The Hall–Kier alpha value is -3.29. The maximum Gasteiger partial charge on any atom is 0.313 e. The lowest BCUT2D eigenvalue weighted by molar-refractivity contribution is -0.161. The molecule has 8 heteroatoms. The number of hydrogen-bond acceptors (Lipinski definition) is 5. The summed E-state index contributed by atoms with van der Waals surface area (Å²) in [7, 11) is 1.67. The topological polar surface area (TPSA) is 86.7 Å². The molecule has 8 nitrogen and oxygen atoms in total. The zero-order chi connectivity index (χ0) is 21.5. The van der Waals surface area contributed by atoms with Crippen LogP contribution in [0.4, 0.5) is 0 Å². The Bertz CT molecular complexity index is 875. The van der Waals surface area contributed by atoms with Crippen LogP contribution in [-0.2, 0) is 20.9 Å². The number of piperazine rings is 1. The predicted octanol–water partition coefficient (Wildman–Crippen LogP) is 1.65. The van der Waals surface area contributed by atoms with Crippen molar-refractivity contribution in [3.63, 3.8) is 0 Å². The average molecular weight is 409 g/mol. The summed E-state index contributed by atoms with van der Waals surface area (Å²) in [5.74, 6) is -1.43. The highest BCUT2D eigenvalue weighted by Gasteiger charge is 2.40. The first-order valence-corrected chi connectivity index (χ1v) is 10.2. The monoisotopic (exact) mass is 409 g/mol. The van der Waals surface area contributed by atoms with Gasteiger partial charge in [-0.25, -0.2) is 9.97 Å². The first kappa shape index (κ1) is 21.4. The first-order valence-electron chi connectivity index (χ1n) is 10.2. The average Bonchev–Trinajstić information content (AvgIpc) is 2.77. The molecule has 1 aliphatic heterocycles. The molecule has 30 heavy (non-hydrogen) atoms. The summed E-state index contributed by atoms with van der Waals surface area (Å²) in [5, 5.41) is 0. The lowest BCUT2D eigenvalue weighted by atomic mass is 10.0. The molecule has 0 spiro atoms. The largest absolute Gasteiger partial charge is 0.338 e.